The quantitative estimate of drug-likeness (QED) is 0.828. The highest BCUT2D eigenvalue weighted by atomic mass is 16.5. The summed E-state index contributed by atoms with van der Waals surface area (Å²) in [6.45, 7) is 5.57. The first kappa shape index (κ1) is 18.1. The van der Waals surface area contributed by atoms with Gasteiger partial charge in [-0.15, -0.1) is 0 Å². The second-order valence-corrected chi connectivity index (χ2v) is 6.48. The SMILES string of the molecule is COCCn1nc(C)c(CNC(=O)C2CC(=O)Nc3ccccc32)c1C. The van der Waals surface area contributed by atoms with Gasteiger partial charge in [0, 0.05) is 37.0 Å². The number of rotatable bonds is 6. The molecule has 7 nitrogen and oxygen atoms in total. The van der Waals surface area contributed by atoms with Crippen molar-refractivity contribution in [2.75, 3.05) is 19.0 Å². The van der Waals surface area contributed by atoms with E-state index in [2.05, 4.69) is 15.7 Å². The number of aryl methyl sites for hydroxylation is 1. The highest BCUT2D eigenvalue weighted by Crippen LogP contribution is 2.32. The van der Waals surface area contributed by atoms with Gasteiger partial charge in [0.15, 0.2) is 0 Å². The van der Waals surface area contributed by atoms with Crippen LogP contribution in [0.5, 0.6) is 0 Å². The molecule has 1 atom stereocenters. The lowest BCUT2D eigenvalue weighted by molar-refractivity contribution is -0.126. The minimum atomic E-state index is -0.468. The summed E-state index contributed by atoms with van der Waals surface area (Å²) in [4.78, 5) is 24.7. The van der Waals surface area contributed by atoms with Crippen molar-refractivity contribution >= 4 is 17.5 Å². The second-order valence-electron chi connectivity index (χ2n) is 6.48. The molecule has 2 heterocycles. The largest absolute Gasteiger partial charge is 0.383 e. The van der Waals surface area contributed by atoms with Gasteiger partial charge in [-0.05, 0) is 25.5 Å². The maximum Gasteiger partial charge on any atom is 0.228 e. The van der Waals surface area contributed by atoms with Crippen LogP contribution in [-0.2, 0) is 27.4 Å². The molecule has 0 fully saturated rings. The van der Waals surface area contributed by atoms with Gasteiger partial charge in [0.05, 0.1) is 24.8 Å². The Morgan fingerprint density at radius 3 is 2.92 bits per heavy atom. The molecule has 3 rings (SSSR count). The molecule has 0 saturated heterocycles. The maximum absolute atomic E-state index is 12.7. The van der Waals surface area contributed by atoms with Gasteiger partial charge in [0.25, 0.3) is 0 Å². The summed E-state index contributed by atoms with van der Waals surface area (Å²) in [5.74, 6) is -0.747. The number of ether oxygens (including phenoxy) is 1. The van der Waals surface area contributed by atoms with Gasteiger partial charge < -0.3 is 15.4 Å². The normalized spacial score (nSPS) is 16.1. The molecular formula is C19H24N4O3. The molecule has 1 aliphatic rings. The van der Waals surface area contributed by atoms with Crippen molar-refractivity contribution in [1.82, 2.24) is 15.1 Å². The van der Waals surface area contributed by atoms with Crippen LogP contribution in [-0.4, -0.2) is 35.3 Å². The molecule has 1 aromatic carbocycles. The number of fused-ring (bicyclic) bond motifs is 1. The third-order valence-electron chi connectivity index (χ3n) is 4.79. The topological polar surface area (TPSA) is 85.2 Å². The number of methoxy groups -OCH3 is 1. The first-order chi connectivity index (χ1) is 12.5. The molecule has 2 aromatic rings. The van der Waals surface area contributed by atoms with E-state index in [9.17, 15) is 9.59 Å². The zero-order valence-electron chi connectivity index (χ0n) is 15.3. The predicted octanol–water partition coefficient (Wildman–Crippen LogP) is 1.89. The van der Waals surface area contributed by atoms with Crippen LogP contribution in [0.1, 0.15) is 34.9 Å². The average molecular weight is 356 g/mol. The Kier molecular flexibility index (Phi) is 5.37. The molecule has 0 spiro atoms. The Morgan fingerprint density at radius 2 is 2.15 bits per heavy atom. The summed E-state index contributed by atoms with van der Waals surface area (Å²) in [5.41, 5.74) is 4.47. The van der Waals surface area contributed by atoms with E-state index >= 15 is 0 Å². The number of aromatic nitrogens is 2. The lowest BCUT2D eigenvalue weighted by Crippen LogP contribution is -2.34. The molecule has 138 valence electrons. The third kappa shape index (κ3) is 3.62. The molecule has 2 amide bonds. The average Bonchev–Trinajstić information content (AvgIpc) is 2.90. The number of hydrogen-bond acceptors (Lipinski definition) is 4. The number of benzene rings is 1. The van der Waals surface area contributed by atoms with Crippen LogP contribution < -0.4 is 10.6 Å². The van der Waals surface area contributed by atoms with Crippen molar-refractivity contribution < 1.29 is 14.3 Å². The van der Waals surface area contributed by atoms with Crippen LogP contribution in [0.15, 0.2) is 24.3 Å². The van der Waals surface area contributed by atoms with Crippen molar-refractivity contribution in [3.63, 3.8) is 0 Å². The van der Waals surface area contributed by atoms with Gasteiger partial charge in [0.2, 0.25) is 11.8 Å². The number of carbonyl (C=O) groups excluding carboxylic acids is 2. The van der Waals surface area contributed by atoms with E-state index < -0.39 is 5.92 Å². The molecule has 0 aliphatic carbocycles. The Balaban J connectivity index is 1.72. The summed E-state index contributed by atoms with van der Waals surface area (Å²) in [6.07, 6.45) is 0.161. The van der Waals surface area contributed by atoms with E-state index in [-0.39, 0.29) is 18.2 Å². The Morgan fingerprint density at radius 1 is 1.38 bits per heavy atom. The van der Waals surface area contributed by atoms with E-state index in [1.54, 1.807) is 7.11 Å². The van der Waals surface area contributed by atoms with Gasteiger partial charge in [-0.2, -0.15) is 5.10 Å². The smallest absolute Gasteiger partial charge is 0.228 e. The summed E-state index contributed by atoms with van der Waals surface area (Å²) in [6, 6.07) is 7.43. The molecule has 1 aromatic heterocycles. The summed E-state index contributed by atoms with van der Waals surface area (Å²) in [7, 11) is 1.66. The van der Waals surface area contributed by atoms with Crippen molar-refractivity contribution in [3.8, 4) is 0 Å². The first-order valence-corrected chi connectivity index (χ1v) is 8.69. The summed E-state index contributed by atoms with van der Waals surface area (Å²) in [5, 5.41) is 10.3. The van der Waals surface area contributed by atoms with Gasteiger partial charge >= 0.3 is 0 Å². The zero-order valence-corrected chi connectivity index (χ0v) is 15.3. The van der Waals surface area contributed by atoms with Crippen LogP contribution in [0, 0.1) is 13.8 Å². The van der Waals surface area contributed by atoms with E-state index in [0.29, 0.717) is 25.4 Å². The molecule has 7 heteroatoms. The Labute approximate surface area is 152 Å². The van der Waals surface area contributed by atoms with Crippen LogP contribution in [0.2, 0.25) is 0 Å². The molecule has 1 unspecified atom stereocenters. The lowest BCUT2D eigenvalue weighted by Gasteiger charge is -2.24. The molecule has 26 heavy (non-hydrogen) atoms. The minimum absolute atomic E-state index is 0.136. The number of anilines is 1. The Bertz CT molecular complexity index is 828. The molecule has 0 radical (unpaired) electrons. The third-order valence-corrected chi connectivity index (χ3v) is 4.79. The number of nitrogens with one attached hydrogen (secondary N) is 2. The van der Waals surface area contributed by atoms with E-state index in [0.717, 1.165) is 22.5 Å². The molecule has 0 saturated carbocycles. The summed E-state index contributed by atoms with van der Waals surface area (Å²) >= 11 is 0. The fraction of sp³-hybridized carbons (Fsp3) is 0.421. The Hall–Kier alpha value is -2.67. The highest BCUT2D eigenvalue weighted by molar-refractivity contribution is 6.01. The van der Waals surface area contributed by atoms with Crippen LogP contribution in [0.3, 0.4) is 0 Å². The number of nitrogens with zero attached hydrogens (tertiary/aromatic N) is 2. The summed E-state index contributed by atoms with van der Waals surface area (Å²) < 4.78 is 6.99. The van der Waals surface area contributed by atoms with Crippen molar-refractivity contribution in [1.29, 1.82) is 0 Å². The fourth-order valence-corrected chi connectivity index (χ4v) is 3.33. The van der Waals surface area contributed by atoms with Gasteiger partial charge in [0.1, 0.15) is 0 Å². The zero-order chi connectivity index (χ0) is 18.7. The number of para-hydroxylation sites is 1. The van der Waals surface area contributed by atoms with Crippen LogP contribution in [0.25, 0.3) is 0 Å². The number of carbonyl (C=O) groups is 2. The first-order valence-electron chi connectivity index (χ1n) is 8.69. The maximum atomic E-state index is 12.7. The predicted molar refractivity (Wildman–Crippen MR) is 97.9 cm³/mol. The van der Waals surface area contributed by atoms with Crippen LogP contribution >= 0.6 is 0 Å². The van der Waals surface area contributed by atoms with Crippen molar-refractivity contribution in [3.05, 3.63) is 46.8 Å². The minimum Gasteiger partial charge on any atom is -0.383 e. The van der Waals surface area contributed by atoms with E-state index in [4.69, 9.17) is 4.74 Å². The van der Waals surface area contributed by atoms with Crippen molar-refractivity contribution in [2.24, 2.45) is 0 Å². The number of hydrogen-bond donors (Lipinski definition) is 2. The number of amides is 2. The molecular weight excluding hydrogens is 332 g/mol. The monoisotopic (exact) mass is 356 g/mol. The van der Waals surface area contributed by atoms with E-state index in [1.165, 1.54) is 0 Å². The van der Waals surface area contributed by atoms with Gasteiger partial charge in [-0.1, -0.05) is 18.2 Å². The van der Waals surface area contributed by atoms with Crippen LogP contribution in [0.4, 0.5) is 5.69 Å². The second kappa shape index (κ2) is 7.70. The van der Waals surface area contributed by atoms with Gasteiger partial charge in [-0.25, -0.2) is 0 Å². The van der Waals surface area contributed by atoms with Crippen molar-refractivity contribution in [2.45, 2.75) is 39.3 Å². The molecule has 2 N–H and O–H groups in total. The fourth-order valence-electron chi connectivity index (χ4n) is 3.33. The highest BCUT2D eigenvalue weighted by Gasteiger charge is 2.30. The standard InChI is InChI=1S/C19H24N4O3/c1-12-16(13(2)23(22-12)8-9-26-3)11-20-19(25)15-10-18(24)21-17-7-5-4-6-14(15)17/h4-7,15H,8-11H2,1-3H3,(H,20,25)(H,21,24). The molecule has 0 bridgehead atoms. The lowest BCUT2D eigenvalue weighted by atomic mass is 9.90. The van der Waals surface area contributed by atoms with E-state index in [1.807, 2.05) is 42.8 Å². The van der Waals surface area contributed by atoms with Gasteiger partial charge in [-0.3, -0.25) is 14.3 Å². The molecule has 1 aliphatic heterocycles.